The monoisotopic (exact) mass is 393 g/mol. The molecule has 0 heterocycles. The third-order valence-corrected chi connectivity index (χ3v) is 4.84. The van der Waals surface area contributed by atoms with Crippen LogP contribution in [0.2, 0.25) is 0 Å². The van der Waals surface area contributed by atoms with Crippen molar-refractivity contribution in [3.8, 4) is 0 Å². The predicted molar refractivity (Wildman–Crippen MR) is 96.3 cm³/mol. The second-order valence-electron chi connectivity index (χ2n) is 6.83. The van der Waals surface area contributed by atoms with Crippen LogP contribution in [0.4, 0.5) is 5.69 Å². The number of hydrogen-bond acceptors (Lipinski definition) is 8. The van der Waals surface area contributed by atoms with Crippen LogP contribution < -0.4 is 0 Å². The van der Waals surface area contributed by atoms with Gasteiger partial charge in [-0.15, -0.1) is 0 Å². The molecule has 9 heteroatoms. The van der Waals surface area contributed by atoms with Crippen molar-refractivity contribution in [3.05, 3.63) is 39.9 Å². The van der Waals surface area contributed by atoms with Gasteiger partial charge in [0.05, 0.1) is 29.7 Å². The fourth-order valence-corrected chi connectivity index (χ4v) is 3.70. The first-order valence-electron chi connectivity index (χ1n) is 8.96. The molecule has 1 N–H and O–H groups in total. The van der Waals surface area contributed by atoms with Crippen LogP contribution in [0.1, 0.15) is 38.7 Å². The zero-order chi connectivity index (χ0) is 21.1. The Morgan fingerprint density at radius 1 is 1.18 bits per heavy atom. The van der Waals surface area contributed by atoms with Crippen LogP contribution in [0.25, 0.3) is 0 Å². The Balaban J connectivity index is 2.61. The fraction of sp³-hybridized carbons (Fsp3) is 0.526. The molecule has 0 aromatic heterocycles. The third-order valence-electron chi connectivity index (χ3n) is 4.84. The summed E-state index contributed by atoms with van der Waals surface area (Å²) in [7, 11) is 0. The highest BCUT2D eigenvalue weighted by Crippen LogP contribution is 2.46. The van der Waals surface area contributed by atoms with Gasteiger partial charge in [-0.2, -0.15) is 0 Å². The van der Waals surface area contributed by atoms with Gasteiger partial charge in [-0.3, -0.25) is 24.5 Å². The molecule has 0 bridgehead atoms. The molecule has 1 aromatic carbocycles. The van der Waals surface area contributed by atoms with Crippen LogP contribution in [-0.4, -0.2) is 46.6 Å². The minimum absolute atomic E-state index is 0.0378. The quantitative estimate of drug-likeness (QED) is 0.334. The van der Waals surface area contributed by atoms with E-state index < -0.39 is 52.4 Å². The van der Waals surface area contributed by atoms with Gasteiger partial charge in [-0.05, 0) is 26.3 Å². The van der Waals surface area contributed by atoms with E-state index >= 15 is 0 Å². The van der Waals surface area contributed by atoms with E-state index in [2.05, 4.69) is 0 Å². The molecule has 0 amide bonds. The summed E-state index contributed by atoms with van der Waals surface area (Å²) in [5.41, 5.74) is -1.60. The molecule has 1 aromatic rings. The maximum atomic E-state index is 12.7. The van der Waals surface area contributed by atoms with Crippen LogP contribution in [-0.2, 0) is 23.9 Å². The van der Waals surface area contributed by atoms with Crippen molar-refractivity contribution in [3.63, 3.8) is 0 Å². The van der Waals surface area contributed by atoms with E-state index in [-0.39, 0.29) is 18.9 Å². The Bertz CT molecular complexity index is 771. The molecule has 0 radical (unpaired) electrons. The maximum absolute atomic E-state index is 12.7. The van der Waals surface area contributed by atoms with E-state index in [0.717, 1.165) is 0 Å². The highest BCUT2D eigenvalue weighted by molar-refractivity contribution is 6.02. The summed E-state index contributed by atoms with van der Waals surface area (Å²) in [6, 6.07) is 5.17. The van der Waals surface area contributed by atoms with Crippen LogP contribution >= 0.6 is 0 Å². The smallest absolute Gasteiger partial charge is 0.317 e. The molecule has 0 aliphatic heterocycles. The lowest BCUT2D eigenvalue weighted by molar-refractivity contribution is -0.384. The molecular formula is C19H23NO8. The van der Waals surface area contributed by atoms with E-state index in [1.807, 2.05) is 0 Å². The number of hydrogen-bond donors (Lipinski definition) is 1. The van der Waals surface area contributed by atoms with E-state index in [4.69, 9.17) is 9.47 Å². The predicted octanol–water partition coefficient (Wildman–Crippen LogP) is 1.76. The van der Waals surface area contributed by atoms with Crippen LogP contribution in [0, 0.1) is 22.0 Å². The molecule has 0 spiro atoms. The molecule has 0 saturated heterocycles. The zero-order valence-corrected chi connectivity index (χ0v) is 15.9. The first-order chi connectivity index (χ1) is 13.1. The Morgan fingerprint density at radius 3 is 2.21 bits per heavy atom. The number of Topliss-reactive ketones (excluding diaryl/α,β-unsaturated/α-hetero) is 1. The summed E-state index contributed by atoms with van der Waals surface area (Å²) in [5.74, 6) is -5.74. The number of ketones is 1. The van der Waals surface area contributed by atoms with Gasteiger partial charge in [0.15, 0.2) is 5.78 Å². The fourth-order valence-electron chi connectivity index (χ4n) is 3.70. The average Bonchev–Trinajstić information content (AvgIpc) is 2.60. The number of ether oxygens (including phenoxy) is 2. The molecule has 28 heavy (non-hydrogen) atoms. The Hall–Kier alpha value is -2.81. The lowest BCUT2D eigenvalue weighted by atomic mass is 9.61. The molecule has 1 aliphatic rings. The molecule has 0 unspecified atom stereocenters. The van der Waals surface area contributed by atoms with Gasteiger partial charge in [-0.25, -0.2) is 0 Å². The zero-order valence-electron chi connectivity index (χ0n) is 15.9. The Morgan fingerprint density at radius 2 is 1.71 bits per heavy atom. The number of carbonyl (C=O) groups excluding carboxylic acids is 3. The van der Waals surface area contributed by atoms with Crippen molar-refractivity contribution in [2.75, 3.05) is 13.2 Å². The summed E-state index contributed by atoms with van der Waals surface area (Å²) in [5, 5.41) is 21.7. The van der Waals surface area contributed by atoms with Crippen LogP contribution in [0.3, 0.4) is 0 Å². The first kappa shape index (κ1) is 21.5. The molecular weight excluding hydrogens is 370 g/mol. The van der Waals surface area contributed by atoms with Crippen molar-refractivity contribution in [2.45, 2.75) is 38.7 Å². The summed E-state index contributed by atoms with van der Waals surface area (Å²) in [4.78, 5) is 48.2. The van der Waals surface area contributed by atoms with Crippen molar-refractivity contribution < 1.29 is 33.9 Å². The van der Waals surface area contributed by atoms with Gasteiger partial charge in [0.2, 0.25) is 0 Å². The van der Waals surface area contributed by atoms with Gasteiger partial charge < -0.3 is 14.6 Å². The molecule has 152 valence electrons. The topological polar surface area (TPSA) is 133 Å². The number of nitrogens with zero attached hydrogens (tertiary/aromatic N) is 1. The molecule has 1 saturated carbocycles. The van der Waals surface area contributed by atoms with E-state index in [9.17, 15) is 29.6 Å². The largest absolute Gasteiger partial charge is 0.466 e. The van der Waals surface area contributed by atoms with E-state index in [0.29, 0.717) is 5.56 Å². The number of nitro benzene ring substituents is 1. The Kier molecular flexibility index (Phi) is 6.50. The molecule has 9 nitrogen and oxygen atoms in total. The van der Waals surface area contributed by atoms with Gasteiger partial charge >= 0.3 is 11.9 Å². The van der Waals surface area contributed by atoms with Crippen LogP contribution in [0.5, 0.6) is 0 Å². The second-order valence-corrected chi connectivity index (χ2v) is 6.83. The van der Waals surface area contributed by atoms with Crippen molar-refractivity contribution in [2.24, 2.45) is 11.8 Å². The number of nitro groups is 1. The lowest BCUT2D eigenvalue weighted by Gasteiger charge is -2.43. The first-order valence-corrected chi connectivity index (χ1v) is 8.96. The third kappa shape index (κ3) is 4.19. The van der Waals surface area contributed by atoms with E-state index in [1.54, 1.807) is 13.8 Å². The van der Waals surface area contributed by atoms with Crippen LogP contribution in [0.15, 0.2) is 24.3 Å². The average molecular weight is 393 g/mol. The number of benzene rings is 1. The minimum atomic E-state index is -1.75. The lowest BCUT2D eigenvalue weighted by Crippen LogP contribution is -2.55. The highest BCUT2D eigenvalue weighted by atomic mass is 16.6. The Labute approximate surface area is 161 Å². The number of aliphatic hydroxyl groups is 1. The molecule has 1 fully saturated rings. The molecule has 4 atom stereocenters. The van der Waals surface area contributed by atoms with Crippen molar-refractivity contribution in [1.29, 1.82) is 0 Å². The maximum Gasteiger partial charge on any atom is 0.317 e. The number of non-ortho nitro benzene ring substituents is 1. The summed E-state index contributed by atoms with van der Waals surface area (Å²) in [6.45, 7) is 4.62. The van der Waals surface area contributed by atoms with Gasteiger partial charge in [0, 0.05) is 24.5 Å². The second kappa shape index (κ2) is 8.47. The summed E-state index contributed by atoms with van der Waals surface area (Å²) < 4.78 is 10.1. The van der Waals surface area contributed by atoms with Crippen molar-refractivity contribution in [1.82, 2.24) is 0 Å². The molecule has 1 aliphatic carbocycles. The number of rotatable bonds is 6. The summed E-state index contributed by atoms with van der Waals surface area (Å²) in [6.07, 6.45) is -0.413. The van der Waals surface area contributed by atoms with Crippen molar-refractivity contribution >= 4 is 23.4 Å². The minimum Gasteiger partial charge on any atom is -0.466 e. The summed E-state index contributed by atoms with van der Waals surface area (Å²) >= 11 is 0. The highest BCUT2D eigenvalue weighted by Gasteiger charge is 2.57. The van der Waals surface area contributed by atoms with E-state index in [1.165, 1.54) is 31.2 Å². The van der Waals surface area contributed by atoms with Gasteiger partial charge in [-0.1, -0.05) is 12.1 Å². The SMILES string of the molecule is CCOC(=O)[C@H]1C(=O)C[C@](C)(O)[C@H](C(=O)OCC)[C@@H]1c1ccc([N+](=O)[O-])cc1. The number of carbonyl (C=O) groups is 3. The standard InChI is InChI=1S/C19H23NO8/c1-4-27-17(22)15-13(21)10-19(3,24)16(18(23)28-5-2)14(15)11-6-8-12(9-7-11)20(25)26/h6-9,14-16,24H,4-5,10H2,1-3H3/t14-,15+,16+,19+/m1/s1. The van der Waals surface area contributed by atoms with Gasteiger partial charge in [0.1, 0.15) is 5.92 Å². The van der Waals surface area contributed by atoms with Gasteiger partial charge in [0.25, 0.3) is 5.69 Å². The molecule has 2 rings (SSSR count). The number of esters is 2. The normalized spacial score (nSPS) is 27.1.